The summed E-state index contributed by atoms with van der Waals surface area (Å²) in [5.74, 6) is 1.73. The maximum atomic E-state index is 8.85. The zero-order valence-electron chi connectivity index (χ0n) is 19.1. The second-order valence-electron chi connectivity index (χ2n) is 9.28. The van der Waals surface area contributed by atoms with Crippen LogP contribution in [0.4, 0.5) is 0 Å². The molecule has 2 heterocycles. The summed E-state index contributed by atoms with van der Waals surface area (Å²) in [7, 11) is 0. The Hall–Kier alpha value is -2.56. The maximum Gasteiger partial charge on any atom is 0.204 e. The highest BCUT2D eigenvalue weighted by Gasteiger charge is 2.29. The summed E-state index contributed by atoms with van der Waals surface area (Å²) in [6.45, 7) is 6.62. The van der Waals surface area contributed by atoms with Crippen LogP contribution < -0.4 is 10.2 Å². The second kappa shape index (κ2) is 9.29. The van der Waals surface area contributed by atoms with Crippen molar-refractivity contribution in [1.82, 2.24) is 9.47 Å². The standard InChI is InChI=1S/C26H36N4O/c1-4-8-20-13-15-24(23-12-6-5-11-22(20)23)31-21-14-16-25(27)29(17-21)26(28)30-18(2)9-7-10-19(30)3/h5-6,11-12,14,16-20,24,27-28H,4,7-10,13,15H2,1-3H3/t18-,19+,20-,24+/m0/s1. The van der Waals surface area contributed by atoms with Gasteiger partial charge in [0, 0.05) is 12.1 Å². The van der Waals surface area contributed by atoms with Crippen molar-refractivity contribution >= 4 is 5.96 Å². The number of aromatic nitrogens is 1. The molecule has 0 unspecified atom stereocenters. The van der Waals surface area contributed by atoms with E-state index in [0.717, 1.165) is 31.4 Å². The number of benzene rings is 1. The summed E-state index contributed by atoms with van der Waals surface area (Å²) >= 11 is 0. The minimum atomic E-state index is 0.0244. The Bertz CT molecular complexity index is 971. The first-order chi connectivity index (χ1) is 15.0. The van der Waals surface area contributed by atoms with E-state index in [1.807, 2.05) is 12.3 Å². The van der Waals surface area contributed by atoms with Gasteiger partial charge in [0.15, 0.2) is 0 Å². The van der Waals surface area contributed by atoms with Gasteiger partial charge in [0.1, 0.15) is 17.3 Å². The minimum Gasteiger partial charge on any atom is -0.484 e. The van der Waals surface area contributed by atoms with Crippen LogP contribution >= 0.6 is 0 Å². The van der Waals surface area contributed by atoms with Gasteiger partial charge >= 0.3 is 0 Å². The first kappa shape index (κ1) is 21.7. The van der Waals surface area contributed by atoms with Crippen LogP contribution in [0, 0.1) is 10.8 Å². The van der Waals surface area contributed by atoms with E-state index in [4.69, 9.17) is 15.6 Å². The van der Waals surface area contributed by atoms with E-state index in [9.17, 15) is 0 Å². The van der Waals surface area contributed by atoms with E-state index >= 15 is 0 Å². The average molecular weight is 421 g/mol. The van der Waals surface area contributed by atoms with Gasteiger partial charge in [-0.05, 0) is 81.5 Å². The first-order valence-corrected chi connectivity index (χ1v) is 11.9. The molecule has 0 saturated carbocycles. The predicted molar refractivity (Wildman–Crippen MR) is 125 cm³/mol. The molecule has 0 spiro atoms. The number of ether oxygens (including phenoxy) is 1. The van der Waals surface area contributed by atoms with E-state index in [-0.39, 0.29) is 6.10 Å². The van der Waals surface area contributed by atoms with E-state index < -0.39 is 0 Å². The van der Waals surface area contributed by atoms with Crippen LogP contribution in [-0.4, -0.2) is 27.5 Å². The molecule has 31 heavy (non-hydrogen) atoms. The van der Waals surface area contributed by atoms with Crippen molar-refractivity contribution in [1.29, 1.82) is 10.8 Å². The number of pyridine rings is 1. The summed E-state index contributed by atoms with van der Waals surface area (Å²) in [5.41, 5.74) is 3.03. The Morgan fingerprint density at radius 3 is 2.42 bits per heavy atom. The molecule has 5 nitrogen and oxygen atoms in total. The number of nitrogens with zero attached hydrogens (tertiary/aromatic N) is 2. The van der Waals surface area contributed by atoms with Gasteiger partial charge < -0.3 is 9.64 Å². The molecule has 0 bridgehead atoms. The smallest absolute Gasteiger partial charge is 0.204 e. The van der Waals surface area contributed by atoms with Crippen LogP contribution in [0.15, 0.2) is 42.6 Å². The first-order valence-electron chi connectivity index (χ1n) is 11.9. The van der Waals surface area contributed by atoms with Gasteiger partial charge in [0.25, 0.3) is 0 Å². The average Bonchev–Trinajstić information content (AvgIpc) is 2.76. The largest absolute Gasteiger partial charge is 0.484 e. The molecule has 5 heteroatoms. The lowest BCUT2D eigenvalue weighted by Crippen LogP contribution is -2.51. The third-order valence-corrected chi connectivity index (χ3v) is 7.06. The number of likely N-dealkylation sites (tertiary alicyclic amines) is 1. The molecule has 1 aromatic carbocycles. The SMILES string of the molecule is CCC[C@H]1CC[C@@H](Oc2ccc(=N)n(C(=N)N3[C@H](C)CCC[C@@H]3C)c2)c2ccccc21. The maximum absolute atomic E-state index is 8.85. The number of nitrogens with one attached hydrogen (secondary N) is 2. The van der Waals surface area contributed by atoms with Crippen molar-refractivity contribution in [3.8, 4) is 5.75 Å². The van der Waals surface area contributed by atoms with Crippen LogP contribution in [0.5, 0.6) is 5.75 Å². The Kier molecular flexibility index (Phi) is 6.49. The molecule has 2 aromatic rings. The highest BCUT2D eigenvalue weighted by atomic mass is 16.5. The van der Waals surface area contributed by atoms with Crippen molar-refractivity contribution in [2.75, 3.05) is 0 Å². The van der Waals surface area contributed by atoms with Crippen molar-refractivity contribution in [2.24, 2.45) is 0 Å². The Morgan fingerprint density at radius 2 is 1.71 bits per heavy atom. The van der Waals surface area contributed by atoms with E-state index in [0.29, 0.717) is 29.4 Å². The summed E-state index contributed by atoms with van der Waals surface area (Å²) in [6.07, 6.45) is 9.81. The van der Waals surface area contributed by atoms with Crippen LogP contribution in [-0.2, 0) is 0 Å². The van der Waals surface area contributed by atoms with Gasteiger partial charge in [0.05, 0.1) is 6.20 Å². The molecule has 166 valence electrons. The highest BCUT2D eigenvalue weighted by molar-refractivity contribution is 5.80. The molecule has 1 aromatic heterocycles. The van der Waals surface area contributed by atoms with Gasteiger partial charge in [-0.25, -0.2) is 0 Å². The topological polar surface area (TPSA) is 65.1 Å². The van der Waals surface area contributed by atoms with E-state index in [1.165, 1.54) is 30.4 Å². The highest BCUT2D eigenvalue weighted by Crippen LogP contribution is 2.41. The van der Waals surface area contributed by atoms with Crippen molar-refractivity contribution in [3.63, 3.8) is 0 Å². The lowest BCUT2D eigenvalue weighted by molar-refractivity contribution is 0.172. The minimum absolute atomic E-state index is 0.0244. The van der Waals surface area contributed by atoms with Crippen molar-refractivity contribution < 1.29 is 4.74 Å². The molecule has 1 aliphatic heterocycles. The van der Waals surface area contributed by atoms with Crippen LogP contribution in [0.2, 0.25) is 0 Å². The molecule has 2 aliphatic rings. The lowest BCUT2D eigenvalue weighted by atomic mass is 9.79. The molecule has 1 aliphatic carbocycles. The van der Waals surface area contributed by atoms with E-state index in [1.54, 1.807) is 10.6 Å². The Morgan fingerprint density at radius 1 is 1.00 bits per heavy atom. The molecular formula is C26H36N4O. The zero-order chi connectivity index (χ0) is 22.0. The zero-order valence-corrected chi connectivity index (χ0v) is 19.1. The monoisotopic (exact) mass is 420 g/mol. The van der Waals surface area contributed by atoms with Crippen molar-refractivity contribution in [3.05, 3.63) is 59.2 Å². The summed E-state index contributed by atoms with van der Waals surface area (Å²) in [6, 6.07) is 12.9. The van der Waals surface area contributed by atoms with Gasteiger partial charge in [0.2, 0.25) is 5.96 Å². The van der Waals surface area contributed by atoms with Gasteiger partial charge in [-0.2, -0.15) is 0 Å². The number of piperidine rings is 1. The number of hydrogen-bond donors (Lipinski definition) is 2. The number of fused-ring (bicyclic) bond motifs is 1. The molecule has 1 saturated heterocycles. The number of hydrogen-bond acceptors (Lipinski definition) is 3. The molecule has 2 N–H and O–H groups in total. The fraction of sp³-hybridized carbons (Fsp3) is 0.538. The third-order valence-electron chi connectivity index (χ3n) is 7.06. The molecule has 0 radical (unpaired) electrons. The summed E-state index contributed by atoms with van der Waals surface area (Å²) in [5, 5.41) is 17.2. The summed E-state index contributed by atoms with van der Waals surface area (Å²) in [4.78, 5) is 2.15. The van der Waals surface area contributed by atoms with Crippen LogP contribution in [0.1, 0.15) is 88.9 Å². The molecular weight excluding hydrogens is 384 g/mol. The van der Waals surface area contributed by atoms with Gasteiger partial charge in [-0.15, -0.1) is 0 Å². The molecule has 0 amide bonds. The Balaban J connectivity index is 1.59. The summed E-state index contributed by atoms with van der Waals surface area (Å²) < 4.78 is 8.14. The van der Waals surface area contributed by atoms with Crippen molar-refractivity contribution in [2.45, 2.75) is 89.8 Å². The van der Waals surface area contributed by atoms with Gasteiger partial charge in [-0.3, -0.25) is 15.4 Å². The molecule has 4 atom stereocenters. The van der Waals surface area contributed by atoms with E-state index in [2.05, 4.69) is 49.9 Å². The fourth-order valence-electron chi connectivity index (χ4n) is 5.46. The number of rotatable bonds is 4. The predicted octanol–water partition coefficient (Wildman–Crippen LogP) is 5.81. The normalized spacial score (nSPS) is 25.7. The van der Waals surface area contributed by atoms with Crippen LogP contribution in [0.25, 0.3) is 0 Å². The van der Waals surface area contributed by atoms with Crippen LogP contribution in [0.3, 0.4) is 0 Å². The lowest BCUT2D eigenvalue weighted by Gasteiger charge is -2.41. The van der Waals surface area contributed by atoms with Gasteiger partial charge in [-0.1, -0.05) is 37.6 Å². The second-order valence-corrected chi connectivity index (χ2v) is 9.28. The fourth-order valence-corrected chi connectivity index (χ4v) is 5.46. The molecule has 1 fully saturated rings. The third kappa shape index (κ3) is 4.41. The Labute approximate surface area is 186 Å². The quantitative estimate of drug-likeness (QED) is 0.484. The molecule has 4 rings (SSSR count).